The molecule has 0 bridgehead atoms. The summed E-state index contributed by atoms with van der Waals surface area (Å²) in [5.41, 5.74) is 3.16. The van der Waals surface area contributed by atoms with Crippen molar-refractivity contribution < 1.29 is 5.11 Å². The van der Waals surface area contributed by atoms with Gasteiger partial charge in [0.2, 0.25) is 0 Å². The van der Waals surface area contributed by atoms with Gasteiger partial charge in [0, 0.05) is 25.2 Å². The standard InChI is InChI=1S/C13H19NO/c1-9-5-6-12-10(7-9)11(8-14(12)4)13(2,3)15/h5-7,11,15H,8H2,1-4H3. The highest BCUT2D eigenvalue weighted by Gasteiger charge is 2.36. The highest BCUT2D eigenvalue weighted by atomic mass is 16.3. The molecule has 1 aliphatic heterocycles. The third-order valence-corrected chi connectivity index (χ3v) is 3.28. The van der Waals surface area contributed by atoms with Crippen LogP contribution in [0.15, 0.2) is 18.2 Å². The lowest BCUT2D eigenvalue weighted by Gasteiger charge is -2.26. The average molecular weight is 205 g/mol. The van der Waals surface area contributed by atoms with E-state index in [1.54, 1.807) is 0 Å². The minimum Gasteiger partial charge on any atom is -0.390 e. The number of aliphatic hydroxyl groups is 1. The molecule has 0 aromatic heterocycles. The van der Waals surface area contributed by atoms with Crippen LogP contribution < -0.4 is 4.90 Å². The predicted molar refractivity (Wildman–Crippen MR) is 63.5 cm³/mol. The monoisotopic (exact) mass is 205 g/mol. The number of nitrogens with zero attached hydrogens (tertiary/aromatic N) is 1. The molecule has 0 saturated heterocycles. The number of benzene rings is 1. The van der Waals surface area contributed by atoms with Gasteiger partial charge in [-0.2, -0.15) is 0 Å². The molecule has 0 radical (unpaired) electrons. The lowest BCUT2D eigenvalue weighted by atomic mass is 9.86. The van der Waals surface area contributed by atoms with E-state index in [1.165, 1.54) is 16.8 Å². The Bertz CT molecular complexity index is 379. The summed E-state index contributed by atoms with van der Waals surface area (Å²) < 4.78 is 0. The molecule has 1 aliphatic rings. The number of hydrogen-bond acceptors (Lipinski definition) is 2. The van der Waals surface area contributed by atoms with Gasteiger partial charge in [0.15, 0.2) is 0 Å². The van der Waals surface area contributed by atoms with Crippen LogP contribution >= 0.6 is 0 Å². The van der Waals surface area contributed by atoms with Crippen molar-refractivity contribution in [3.8, 4) is 0 Å². The van der Waals surface area contributed by atoms with Crippen LogP contribution in [0.4, 0.5) is 5.69 Å². The SMILES string of the molecule is Cc1ccc2c(c1)C(C(C)(C)O)CN2C. The molecule has 2 nitrogen and oxygen atoms in total. The highest BCUT2D eigenvalue weighted by molar-refractivity contribution is 5.61. The number of likely N-dealkylation sites (N-methyl/N-ethyl adjacent to an activating group) is 1. The van der Waals surface area contributed by atoms with Crippen LogP contribution in [0.1, 0.15) is 30.9 Å². The van der Waals surface area contributed by atoms with Crippen molar-refractivity contribution in [2.45, 2.75) is 32.3 Å². The Morgan fingerprint density at radius 1 is 1.40 bits per heavy atom. The molecule has 2 heteroatoms. The van der Waals surface area contributed by atoms with E-state index in [2.05, 4.69) is 37.1 Å². The van der Waals surface area contributed by atoms with E-state index in [4.69, 9.17) is 0 Å². The molecule has 1 aromatic carbocycles. The molecular weight excluding hydrogens is 186 g/mol. The van der Waals surface area contributed by atoms with Crippen LogP contribution in [0.25, 0.3) is 0 Å². The Hall–Kier alpha value is -1.02. The predicted octanol–water partition coefficient (Wildman–Crippen LogP) is 2.30. The number of aryl methyl sites for hydroxylation is 1. The summed E-state index contributed by atoms with van der Waals surface area (Å²) in [7, 11) is 2.08. The van der Waals surface area contributed by atoms with Crippen molar-refractivity contribution in [3.63, 3.8) is 0 Å². The van der Waals surface area contributed by atoms with Crippen LogP contribution in [-0.2, 0) is 0 Å². The van der Waals surface area contributed by atoms with E-state index in [1.807, 2.05) is 13.8 Å². The molecule has 1 heterocycles. The number of rotatable bonds is 1. The maximum Gasteiger partial charge on any atom is 0.0677 e. The minimum atomic E-state index is -0.646. The Morgan fingerprint density at radius 2 is 2.07 bits per heavy atom. The molecule has 1 N–H and O–H groups in total. The van der Waals surface area contributed by atoms with Crippen LogP contribution in [0, 0.1) is 6.92 Å². The second kappa shape index (κ2) is 3.24. The Balaban J connectivity index is 2.49. The van der Waals surface area contributed by atoms with Crippen molar-refractivity contribution in [1.29, 1.82) is 0 Å². The van der Waals surface area contributed by atoms with E-state index in [0.717, 1.165) is 6.54 Å². The second-order valence-corrected chi connectivity index (χ2v) is 5.15. The first kappa shape index (κ1) is 10.5. The molecular formula is C13H19NO. The molecule has 1 aromatic rings. The van der Waals surface area contributed by atoms with Gasteiger partial charge in [0.1, 0.15) is 0 Å². The molecule has 0 amide bonds. The Labute approximate surface area is 91.5 Å². The summed E-state index contributed by atoms with van der Waals surface area (Å²) in [6.45, 7) is 6.79. The van der Waals surface area contributed by atoms with Gasteiger partial charge >= 0.3 is 0 Å². The molecule has 0 spiro atoms. The zero-order valence-corrected chi connectivity index (χ0v) is 9.91. The molecule has 0 aliphatic carbocycles. The normalized spacial score (nSPS) is 20.6. The van der Waals surface area contributed by atoms with Crippen molar-refractivity contribution in [3.05, 3.63) is 29.3 Å². The average Bonchev–Trinajstić information content (AvgIpc) is 2.42. The van der Waals surface area contributed by atoms with Gasteiger partial charge in [-0.25, -0.2) is 0 Å². The van der Waals surface area contributed by atoms with Gasteiger partial charge in [-0.15, -0.1) is 0 Å². The molecule has 0 fully saturated rings. The maximum atomic E-state index is 10.1. The maximum absolute atomic E-state index is 10.1. The molecule has 0 saturated carbocycles. The lowest BCUT2D eigenvalue weighted by molar-refractivity contribution is 0.0550. The zero-order valence-electron chi connectivity index (χ0n) is 9.91. The number of fused-ring (bicyclic) bond motifs is 1. The summed E-state index contributed by atoms with van der Waals surface area (Å²) in [4.78, 5) is 2.22. The first-order valence-corrected chi connectivity index (χ1v) is 5.43. The summed E-state index contributed by atoms with van der Waals surface area (Å²) in [5.74, 6) is 0.220. The molecule has 1 atom stereocenters. The number of hydrogen-bond donors (Lipinski definition) is 1. The van der Waals surface area contributed by atoms with E-state index >= 15 is 0 Å². The van der Waals surface area contributed by atoms with Crippen molar-refractivity contribution in [1.82, 2.24) is 0 Å². The Morgan fingerprint density at radius 3 is 2.67 bits per heavy atom. The lowest BCUT2D eigenvalue weighted by Crippen LogP contribution is -2.32. The van der Waals surface area contributed by atoms with Gasteiger partial charge in [0.25, 0.3) is 0 Å². The first-order chi connectivity index (χ1) is 6.89. The second-order valence-electron chi connectivity index (χ2n) is 5.15. The molecule has 1 unspecified atom stereocenters. The Kier molecular flexibility index (Phi) is 2.27. The van der Waals surface area contributed by atoms with E-state index in [9.17, 15) is 5.11 Å². The first-order valence-electron chi connectivity index (χ1n) is 5.43. The van der Waals surface area contributed by atoms with Crippen LogP contribution in [-0.4, -0.2) is 24.3 Å². The quantitative estimate of drug-likeness (QED) is 0.760. The highest BCUT2D eigenvalue weighted by Crippen LogP contribution is 2.41. The molecule has 82 valence electrons. The van der Waals surface area contributed by atoms with Gasteiger partial charge in [-0.1, -0.05) is 17.7 Å². The van der Waals surface area contributed by atoms with Gasteiger partial charge in [-0.3, -0.25) is 0 Å². The zero-order chi connectivity index (χ0) is 11.2. The van der Waals surface area contributed by atoms with Crippen molar-refractivity contribution in [2.24, 2.45) is 0 Å². The third-order valence-electron chi connectivity index (χ3n) is 3.28. The fraction of sp³-hybridized carbons (Fsp3) is 0.538. The van der Waals surface area contributed by atoms with Crippen LogP contribution in [0.2, 0.25) is 0 Å². The summed E-state index contributed by atoms with van der Waals surface area (Å²) >= 11 is 0. The fourth-order valence-corrected chi connectivity index (χ4v) is 2.38. The van der Waals surface area contributed by atoms with Gasteiger partial charge in [-0.05, 0) is 32.4 Å². The molecule has 15 heavy (non-hydrogen) atoms. The van der Waals surface area contributed by atoms with Gasteiger partial charge < -0.3 is 10.0 Å². The van der Waals surface area contributed by atoms with E-state index in [0.29, 0.717) is 0 Å². The van der Waals surface area contributed by atoms with Crippen molar-refractivity contribution >= 4 is 5.69 Å². The summed E-state index contributed by atoms with van der Waals surface area (Å²) in [6.07, 6.45) is 0. The fourth-order valence-electron chi connectivity index (χ4n) is 2.38. The summed E-state index contributed by atoms with van der Waals surface area (Å²) in [5, 5.41) is 10.1. The van der Waals surface area contributed by atoms with Crippen molar-refractivity contribution in [2.75, 3.05) is 18.5 Å². The van der Waals surface area contributed by atoms with Crippen LogP contribution in [0.3, 0.4) is 0 Å². The topological polar surface area (TPSA) is 23.5 Å². The van der Waals surface area contributed by atoms with E-state index < -0.39 is 5.60 Å². The molecule has 2 rings (SSSR count). The van der Waals surface area contributed by atoms with Crippen LogP contribution in [0.5, 0.6) is 0 Å². The third kappa shape index (κ3) is 1.74. The smallest absolute Gasteiger partial charge is 0.0677 e. The number of anilines is 1. The van der Waals surface area contributed by atoms with Gasteiger partial charge in [0.05, 0.1) is 5.60 Å². The van der Waals surface area contributed by atoms with E-state index in [-0.39, 0.29) is 5.92 Å². The minimum absolute atomic E-state index is 0.220. The summed E-state index contributed by atoms with van der Waals surface area (Å²) in [6, 6.07) is 6.47. The largest absolute Gasteiger partial charge is 0.390 e.